The predicted octanol–water partition coefficient (Wildman–Crippen LogP) is -0.155. The third-order valence-electron chi connectivity index (χ3n) is 2.70. The molecule has 0 aromatic heterocycles. The van der Waals surface area contributed by atoms with E-state index in [9.17, 15) is 4.79 Å². The molecule has 0 spiro atoms. The van der Waals surface area contributed by atoms with Crippen LogP contribution in [0.5, 0.6) is 0 Å². The Labute approximate surface area is 96.9 Å². The summed E-state index contributed by atoms with van der Waals surface area (Å²) in [4.78, 5) is 13.6. The quantitative estimate of drug-likeness (QED) is 0.667. The number of nitrogens with zero attached hydrogens (tertiary/aromatic N) is 1. The van der Waals surface area contributed by atoms with Crippen LogP contribution < -0.4 is 5.73 Å². The maximum Gasteiger partial charge on any atom is 0.248 e. The number of hydrogen-bond acceptors (Lipinski definition) is 4. The van der Waals surface area contributed by atoms with Gasteiger partial charge >= 0.3 is 0 Å². The molecular formula is C11H22N2O3. The van der Waals surface area contributed by atoms with Crippen molar-refractivity contribution in [2.45, 2.75) is 19.4 Å². The second kappa shape index (κ2) is 6.83. The van der Waals surface area contributed by atoms with Crippen LogP contribution in [0.15, 0.2) is 0 Å². The molecule has 1 amide bonds. The van der Waals surface area contributed by atoms with Gasteiger partial charge in [-0.3, -0.25) is 4.79 Å². The lowest BCUT2D eigenvalue weighted by Gasteiger charge is -2.34. The lowest BCUT2D eigenvalue weighted by molar-refractivity contribution is -0.138. The summed E-state index contributed by atoms with van der Waals surface area (Å²) in [5, 5.41) is 0. The number of carbonyl (C=O) groups is 1. The molecule has 0 radical (unpaired) electrons. The summed E-state index contributed by atoms with van der Waals surface area (Å²) in [5.41, 5.74) is 5.87. The summed E-state index contributed by atoms with van der Waals surface area (Å²) in [6.07, 6.45) is 0.994. The van der Waals surface area contributed by atoms with Gasteiger partial charge in [-0.15, -0.1) is 0 Å². The van der Waals surface area contributed by atoms with Gasteiger partial charge in [0, 0.05) is 26.2 Å². The number of rotatable bonds is 5. The molecule has 2 N–H and O–H groups in total. The van der Waals surface area contributed by atoms with Crippen LogP contribution >= 0.6 is 0 Å². The van der Waals surface area contributed by atoms with E-state index in [4.69, 9.17) is 15.2 Å². The topological polar surface area (TPSA) is 64.8 Å². The van der Waals surface area contributed by atoms with Crippen molar-refractivity contribution in [2.75, 3.05) is 40.0 Å². The lowest BCUT2D eigenvalue weighted by Crippen LogP contribution is -2.49. The molecule has 5 nitrogen and oxygen atoms in total. The number of methoxy groups -OCH3 is 1. The standard InChI is InChI=1S/C11H22N2O3/c1-9-5-10(12)7-13(6-9)11(14)8-16-4-3-15-2/h9-10H,3-8,12H2,1-2H3. The highest BCUT2D eigenvalue weighted by Crippen LogP contribution is 2.14. The monoisotopic (exact) mass is 230 g/mol. The molecule has 0 bridgehead atoms. The summed E-state index contributed by atoms with van der Waals surface area (Å²) < 4.78 is 10.0. The summed E-state index contributed by atoms with van der Waals surface area (Å²) in [7, 11) is 1.61. The molecule has 1 aliphatic heterocycles. The number of nitrogens with two attached hydrogens (primary N) is 1. The zero-order chi connectivity index (χ0) is 12.0. The molecule has 1 saturated heterocycles. The molecule has 0 aromatic rings. The van der Waals surface area contributed by atoms with Crippen molar-refractivity contribution in [2.24, 2.45) is 11.7 Å². The van der Waals surface area contributed by atoms with E-state index in [2.05, 4.69) is 6.92 Å². The molecule has 1 rings (SSSR count). The Morgan fingerprint density at radius 1 is 1.44 bits per heavy atom. The Bertz CT molecular complexity index is 213. The smallest absolute Gasteiger partial charge is 0.248 e. The van der Waals surface area contributed by atoms with Gasteiger partial charge in [-0.1, -0.05) is 6.92 Å². The van der Waals surface area contributed by atoms with E-state index in [0.717, 1.165) is 13.0 Å². The Kier molecular flexibility index (Phi) is 5.73. The molecule has 1 fully saturated rings. The van der Waals surface area contributed by atoms with Gasteiger partial charge in [0.05, 0.1) is 13.2 Å². The summed E-state index contributed by atoms with van der Waals surface area (Å²) in [6.45, 7) is 4.66. The largest absolute Gasteiger partial charge is 0.382 e. The third kappa shape index (κ3) is 4.47. The zero-order valence-electron chi connectivity index (χ0n) is 10.1. The van der Waals surface area contributed by atoms with E-state index in [1.807, 2.05) is 0 Å². The average molecular weight is 230 g/mol. The zero-order valence-corrected chi connectivity index (χ0v) is 10.1. The van der Waals surface area contributed by atoms with Gasteiger partial charge in [-0.05, 0) is 12.3 Å². The lowest BCUT2D eigenvalue weighted by atomic mass is 9.97. The molecule has 0 aliphatic carbocycles. The maximum atomic E-state index is 11.8. The van der Waals surface area contributed by atoms with Gasteiger partial charge in [-0.25, -0.2) is 0 Å². The molecule has 1 aliphatic rings. The highest BCUT2D eigenvalue weighted by Gasteiger charge is 2.25. The summed E-state index contributed by atoms with van der Waals surface area (Å²) in [6, 6.07) is 0.103. The highest BCUT2D eigenvalue weighted by atomic mass is 16.5. The fraction of sp³-hybridized carbons (Fsp3) is 0.909. The summed E-state index contributed by atoms with van der Waals surface area (Å²) in [5.74, 6) is 0.504. The minimum absolute atomic E-state index is 0.0260. The molecule has 0 saturated carbocycles. The number of piperidine rings is 1. The SMILES string of the molecule is COCCOCC(=O)N1CC(C)CC(N)C1. The molecule has 2 atom stereocenters. The van der Waals surface area contributed by atoms with Crippen LogP contribution in [0, 0.1) is 5.92 Å². The van der Waals surface area contributed by atoms with Gasteiger partial charge in [0.15, 0.2) is 0 Å². The Hall–Kier alpha value is -0.650. The predicted molar refractivity (Wildman–Crippen MR) is 61.0 cm³/mol. The molecule has 94 valence electrons. The van der Waals surface area contributed by atoms with Gasteiger partial charge in [0.1, 0.15) is 6.61 Å². The number of carbonyl (C=O) groups excluding carboxylic acids is 1. The first-order valence-electron chi connectivity index (χ1n) is 5.73. The first-order valence-corrected chi connectivity index (χ1v) is 5.73. The van der Waals surface area contributed by atoms with Crippen LogP contribution in [0.3, 0.4) is 0 Å². The van der Waals surface area contributed by atoms with Crippen LogP contribution in [0.25, 0.3) is 0 Å². The van der Waals surface area contributed by atoms with Crippen molar-refractivity contribution < 1.29 is 14.3 Å². The van der Waals surface area contributed by atoms with Crippen molar-refractivity contribution in [3.05, 3.63) is 0 Å². The minimum Gasteiger partial charge on any atom is -0.382 e. The maximum absolute atomic E-state index is 11.8. The van der Waals surface area contributed by atoms with E-state index in [1.165, 1.54) is 0 Å². The van der Waals surface area contributed by atoms with Crippen LogP contribution in [0.1, 0.15) is 13.3 Å². The number of amides is 1. The normalized spacial score (nSPS) is 25.8. The van der Waals surface area contributed by atoms with E-state index < -0.39 is 0 Å². The second-order valence-corrected chi connectivity index (χ2v) is 4.45. The molecule has 16 heavy (non-hydrogen) atoms. The van der Waals surface area contributed by atoms with E-state index in [1.54, 1.807) is 12.0 Å². The van der Waals surface area contributed by atoms with Crippen LogP contribution in [0.4, 0.5) is 0 Å². The average Bonchev–Trinajstić information content (AvgIpc) is 2.22. The first-order chi connectivity index (χ1) is 7.63. The van der Waals surface area contributed by atoms with Crippen LogP contribution in [-0.4, -0.2) is 56.9 Å². The van der Waals surface area contributed by atoms with E-state index in [-0.39, 0.29) is 18.6 Å². The first kappa shape index (κ1) is 13.4. The molecule has 5 heteroatoms. The highest BCUT2D eigenvalue weighted by molar-refractivity contribution is 5.77. The van der Waals surface area contributed by atoms with Crippen molar-refractivity contribution >= 4 is 5.91 Å². The van der Waals surface area contributed by atoms with Crippen molar-refractivity contribution in [3.8, 4) is 0 Å². The molecule has 1 heterocycles. The van der Waals surface area contributed by atoms with Gasteiger partial charge in [0.2, 0.25) is 5.91 Å². The summed E-state index contributed by atoms with van der Waals surface area (Å²) >= 11 is 0. The Balaban J connectivity index is 2.24. The number of ether oxygens (including phenoxy) is 2. The number of likely N-dealkylation sites (tertiary alicyclic amines) is 1. The van der Waals surface area contributed by atoms with Crippen molar-refractivity contribution in [3.63, 3.8) is 0 Å². The van der Waals surface area contributed by atoms with Crippen LogP contribution in [-0.2, 0) is 14.3 Å². The van der Waals surface area contributed by atoms with Gasteiger partial charge in [-0.2, -0.15) is 0 Å². The fourth-order valence-corrected chi connectivity index (χ4v) is 2.00. The van der Waals surface area contributed by atoms with Crippen molar-refractivity contribution in [1.82, 2.24) is 4.90 Å². The third-order valence-corrected chi connectivity index (χ3v) is 2.70. The van der Waals surface area contributed by atoms with E-state index >= 15 is 0 Å². The minimum atomic E-state index is 0.0260. The Morgan fingerprint density at radius 2 is 2.19 bits per heavy atom. The van der Waals surface area contributed by atoms with E-state index in [0.29, 0.717) is 25.7 Å². The van der Waals surface area contributed by atoms with Gasteiger partial charge in [0.25, 0.3) is 0 Å². The molecule has 0 aromatic carbocycles. The number of hydrogen-bond donors (Lipinski definition) is 1. The molecular weight excluding hydrogens is 208 g/mol. The molecule has 2 unspecified atom stereocenters. The van der Waals surface area contributed by atoms with Gasteiger partial charge < -0.3 is 20.1 Å². The van der Waals surface area contributed by atoms with Crippen molar-refractivity contribution in [1.29, 1.82) is 0 Å². The Morgan fingerprint density at radius 3 is 2.81 bits per heavy atom. The fourth-order valence-electron chi connectivity index (χ4n) is 2.00. The van der Waals surface area contributed by atoms with Crippen LogP contribution in [0.2, 0.25) is 0 Å². The second-order valence-electron chi connectivity index (χ2n) is 4.45.